The molecule has 4 aliphatic carbocycles. The summed E-state index contributed by atoms with van der Waals surface area (Å²) in [5.41, 5.74) is 0. The average Bonchev–Trinajstić information content (AvgIpc) is 3.74. The summed E-state index contributed by atoms with van der Waals surface area (Å²) in [5, 5.41) is 28.3. The second-order valence-corrected chi connectivity index (χ2v) is 16.5. The maximum absolute atomic E-state index is 14.9. The molecule has 0 aromatic carbocycles. The van der Waals surface area contributed by atoms with Gasteiger partial charge in [0.05, 0.1) is 49.3 Å². The minimum atomic E-state index is -1.64. The Morgan fingerprint density at radius 3 is 0.429 bits per heavy atom. The van der Waals surface area contributed by atoms with Crippen molar-refractivity contribution in [1.82, 2.24) is 42.5 Å². The van der Waals surface area contributed by atoms with Crippen molar-refractivity contribution < 1.29 is 52.2 Å². The van der Waals surface area contributed by atoms with Gasteiger partial charge in [-0.15, -0.1) is 0 Å². The number of hydrogen-bond acceptors (Lipinski definition) is 8. The van der Waals surface area contributed by atoms with Crippen LogP contribution >= 0.6 is 0 Å². The van der Waals surface area contributed by atoms with Crippen LogP contribution in [0.3, 0.4) is 0 Å². The molecular weight excluding hydrogens is 712 g/mol. The van der Waals surface area contributed by atoms with Crippen molar-refractivity contribution in [2.75, 3.05) is 0 Å². The van der Waals surface area contributed by atoms with Crippen LogP contribution < -0.4 is 42.5 Å². The molecule has 8 nitrogen and oxygen atoms in total. The molecule has 9 rings (SSSR count). The van der Waals surface area contributed by atoms with Crippen LogP contribution in [0.1, 0.15) is 51.4 Å². The quantitative estimate of drug-likeness (QED) is 0.141. The largest absolute Gasteiger partial charge is 0.286 e. The molecule has 5 heterocycles. The molecule has 9 fully saturated rings. The van der Waals surface area contributed by atoms with E-state index in [2.05, 4.69) is 42.5 Å². The standard InChI is InChI=1S/C32H48F8N8.Cu/c33-17-1-9-10(2-18(17)34)26-41-25(9)45-27-11-3-19(35)20(36)4-12(11)29(42-27)47-31-15-7-23(39)24(40)8-16(15)32(44-31)48-30-14-6-22(38)21(37)5-13(14)28(43-30)46-26;/h9-32,41-48H,1-8H2;. The first-order valence-corrected chi connectivity index (χ1v) is 18.2. The Morgan fingerprint density at radius 1 is 0.224 bits per heavy atom. The van der Waals surface area contributed by atoms with E-state index in [0.717, 1.165) is 0 Å². The van der Waals surface area contributed by atoms with Crippen molar-refractivity contribution in [3.63, 3.8) is 0 Å². The Labute approximate surface area is 291 Å². The van der Waals surface area contributed by atoms with Crippen molar-refractivity contribution >= 4 is 0 Å². The van der Waals surface area contributed by atoms with Crippen LogP contribution in [-0.4, -0.2) is 98.7 Å². The van der Waals surface area contributed by atoms with E-state index >= 15 is 0 Å². The molecule has 0 amide bonds. The van der Waals surface area contributed by atoms with Gasteiger partial charge < -0.3 is 0 Å². The molecule has 16 atom stereocenters. The maximum atomic E-state index is 14.9. The second-order valence-electron chi connectivity index (χ2n) is 16.5. The topological polar surface area (TPSA) is 96.2 Å². The molecule has 0 spiro atoms. The number of alkyl halides is 8. The Balaban J connectivity index is 0.00000348. The number of rotatable bonds is 0. The summed E-state index contributed by atoms with van der Waals surface area (Å²) in [6.45, 7) is 0. The van der Waals surface area contributed by atoms with Gasteiger partial charge in [0.15, 0.2) is 0 Å². The van der Waals surface area contributed by atoms with Gasteiger partial charge in [-0.2, -0.15) is 0 Å². The molecule has 0 aromatic heterocycles. The molecular formula is C32H48CuF8N8. The molecule has 1 radical (unpaired) electrons. The summed E-state index contributed by atoms with van der Waals surface area (Å²) in [4.78, 5) is 0. The van der Waals surface area contributed by atoms with Gasteiger partial charge in [-0.25, -0.2) is 35.1 Å². The fourth-order valence-electron chi connectivity index (χ4n) is 11.6. The smallest absolute Gasteiger partial charge is 0.132 e. The van der Waals surface area contributed by atoms with Crippen LogP contribution in [0.4, 0.5) is 35.1 Å². The average molecular weight is 760 g/mol. The minimum absolute atomic E-state index is 0. The van der Waals surface area contributed by atoms with Crippen LogP contribution in [0.15, 0.2) is 0 Å². The molecule has 8 N–H and O–H groups in total. The summed E-state index contributed by atoms with van der Waals surface area (Å²) in [6, 6.07) is 0. The van der Waals surface area contributed by atoms with Gasteiger partial charge in [-0.1, -0.05) is 0 Å². The van der Waals surface area contributed by atoms with Crippen molar-refractivity contribution in [3.05, 3.63) is 0 Å². The summed E-state index contributed by atoms with van der Waals surface area (Å²) >= 11 is 0. The van der Waals surface area contributed by atoms with E-state index in [4.69, 9.17) is 0 Å². The van der Waals surface area contributed by atoms with Crippen molar-refractivity contribution in [1.29, 1.82) is 0 Å². The number of halogens is 8. The van der Waals surface area contributed by atoms with E-state index in [0.29, 0.717) is 0 Å². The second kappa shape index (κ2) is 13.5. The number of hydrogen-bond donors (Lipinski definition) is 8. The minimum Gasteiger partial charge on any atom is -0.286 e. The van der Waals surface area contributed by atoms with Gasteiger partial charge in [0, 0.05) is 17.1 Å². The number of nitrogens with one attached hydrogen (secondary N) is 8. The van der Waals surface area contributed by atoms with Crippen LogP contribution in [0.5, 0.6) is 0 Å². The van der Waals surface area contributed by atoms with E-state index in [9.17, 15) is 35.1 Å². The first kappa shape index (κ1) is 35.7. The fraction of sp³-hybridized carbons (Fsp3) is 1.00. The van der Waals surface area contributed by atoms with Crippen molar-refractivity contribution in [3.8, 4) is 0 Å². The summed E-state index contributed by atoms with van der Waals surface area (Å²) in [6.07, 6.45) is -17.1. The van der Waals surface area contributed by atoms with E-state index < -0.39 is 98.7 Å². The van der Waals surface area contributed by atoms with E-state index in [1.807, 2.05) is 0 Å². The summed E-state index contributed by atoms with van der Waals surface area (Å²) in [5.74, 6) is -2.53. The third-order valence-corrected chi connectivity index (χ3v) is 14.0. The van der Waals surface area contributed by atoms with Crippen LogP contribution in [0, 0.1) is 47.3 Å². The Kier molecular flexibility index (Phi) is 9.82. The normalized spacial score (nSPS) is 61.2. The van der Waals surface area contributed by atoms with Crippen molar-refractivity contribution in [2.24, 2.45) is 47.3 Å². The fourth-order valence-corrected chi connectivity index (χ4v) is 11.6. The third-order valence-electron chi connectivity index (χ3n) is 14.0. The van der Waals surface area contributed by atoms with Gasteiger partial charge in [0.25, 0.3) is 0 Å². The van der Waals surface area contributed by atoms with Gasteiger partial charge in [0.1, 0.15) is 49.4 Å². The van der Waals surface area contributed by atoms with Gasteiger partial charge in [0.2, 0.25) is 0 Å². The zero-order valence-corrected chi connectivity index (χ0v) is 27.8. The molecule has 9 aliphatic rings. The predicted octanol–water partition coefficient (Wildman–Crippen LogP) is 2.19. The molecule has 16 unspecified atom stereocenters. The van der Waals surface area contributed by atoms with Crippen LogP contribution in [-0.2, 0) is 17.1 Å². The first-order chi connectivity index (χ1) is 23.0. The van der Waals surface area contributed by atoms with Gasteiger partial charge >= 0.3 is 0 Å². The van der Waals surface area contributed by atoms with Gasteiger partial charge in [-0.3, -0.25) is 42.5 Å². The predicted molar refractivity (Wildman–Crippen MR) is 159 cm³/mol. The summed E-state index contributed by atoms with van der Waals surface area (Å²) < 4.78 is 119. The molecule has 283 valence electrons. The molecule has 5 saturated heterocycles. The zero-order chi connectivity index (χ0) is 33.2. The van der Waals surface area contributed by atoms with Crippen molar-refractivity contribution in [2.45, 2.75) is 150 Å². The maximum Gasteiger partial charge on any atom is 0.132 e. The van der Waals surface area contributed by atoms with Crippen LogP contribution in [0.2, 0.25) is 0 Å². The molecule has 8 bridgehead atoms. The van der Waals surface area contributed by atoms with Gasteiger partial charge in [-0.05, 0) is 98.7 Å². The molecule has 4 saturated carbocycles. The molecule has 5 aliphatic heterocycles. The molecule has 17 heteroatoms. The summed E-state index contributed by atoms with van der Waals surface area (Å²) in [7, 11) is 0. The third kappa shape index (κ3) is 6.09. The SMILES string of the molecule is FC1CC2C3NC(NC4NC(NC5NC(NC6NC(N3)C3CC(F)C(F)CC63)C3CC(F)C(F)CC53)C3CC(F)C(F)CC43)C2CC1F.[Cu]. The molecule has 49 heavy (non-hydrogen) atoms. The number of fused-ring (bicyclic) bond motifs is 20. The zero-order valence-electron chi connectivity index (χ0n) is 26.8. The van der Waals surface area contributed by atoms with Crippen LogP contribution in [0.25, 0.3) is 0 Å². The molecule has 0 aromatic rings. The van der Waals surface area contributed by atoms with E-state index in [-0.39, 0.29) is 116 Å². The first-order valence-electron chi connectivity index (χ1n) is 18.2. The Bertz CT molecular complexity index is 948. The monoisotopic (exact) mass is 759 g/mol. The Hall–Kier alpha value is -0.361. The van der Waals surface area contributed by atoms with E-state index in [1.54, 1.807) is 0 Å². The Morgan fingerprint density at radius 2 is 0.327 bits per heavy atom. The van der Waals surface area contributed by atoms with E-state index in [1.165, 1.54) is 0 Å².